The van der Waals surface area contributed by atoms with Gasteiger partial charge in [0.2, 0.25) is 0 Å². The molecule has 182 valence electrons. The number of nitrogens with one attached hydrogen (secondary N) is 1. The Morgan fingerprint density at radius 2 is 1.82 bits per heavy atom. The molecule has 1 aliphatic rings. The van der Waals surface area contributed by atoms with Crippen LogP contribution in [0, 0.1) is 13.8 Å². The van der Waals surface area contributed by atoms with Crippen molar-refractivity contribution in [3.63, 3.8) is 0 Å². The quantitative estimate of drug-likeness (QED) is 0.539. The van der Waals surface area contributed by atoms with Crippen LogP contribution in [0.15, 0.2) is 30.5 Å². The van der Waals surface area contributed by atoms with Gasteiger partial charge in [0, 0.05) is 24.5 Å². The molecule has 4 rings (SSSR count). The van der Waals surface area contributed by atoms with Crippen molar-refractivity contribution in [1.29, 1.82) is 0 Å². The maximum atomic E-state index is 13.4. The molecule has 3 aromatic rings. The molecule has 0 radical (unpaired) electrons. The SMILES string of the molecule is Cc1c(C(C)Nc2nnc(C)c3ncc(N4CCC(N(C)C)CC4)cc23)cccc1C(F)(F)F. The van der Waals surface area contributed by atoms with Gasteiger partial charge in [-0.2, -0.15) is 18.3 Å². The molecule has 6 nitrogen and oxygen atoms in total. The lowest BCUT2D eigenvalue weighted by Crippen LogP contribution is -2.42. The van der Waals surface area contributed by atoms with E-state index >= 15 is 0 Å². The Bertz CT molecular complexity index is 1170. The molecule has 1 aromatic carbocycles. The fourth-order valence-corrected chi connectivity index (χ4v) is 4.78. The molecule has 1 aliphatic heterocycles. The van der Waals surface area contributed by atoms with E-state index in [9.17, 15) is 13.2 Å². The van der Waals surface area contributed by atoms with Crippen molar-refractivity contribution >= 4 is 22.4 Å². The normalized spacial score (nSPS) is 16.3. The molecule has 1 fully saturated rings. The molecular weight excluding hydrogens is 441 g/mol. The summed E-state index contributed by atoms with van der Waals surface area (Å²) in [4.78, 5) is 9.27. The first-order chi connectivity index (χ1) is 16.1. The van der Waals surface area contributed by atoms with Crippen LogP contribution in [0.25, 0.3) is 10.9 Å². The summed E-state index contributed by atoms with van der Waals surface area (Å²) < 4.78 is 40.2. The van der Waals surface area contributed by atoms with Crippen LogP contribution in [0.4, 0.5) is 24.7 Å². The van der Waals surface area contributed by atoms with Crippen LogP contribution < -0.4 is 10.2 Å². The standard InChI is InChI=1S/C25H31F3N6/c1-15-20(7-6-8-22(15)25(26,27)28)16(2)30-24-21-13-19(14-29-23(21)17(3)31-32-24)34-11-9-18(10-12-34)33(4)5/h6-8,13-14,16,18H,9-12H2,1-5H3,(H,30,32). The third-order valence-corrected chi connectivity index (χ3v) is 6.83. The summed E-state index contributed by atoms with van der Waals surface area (Å²) in [6, 6.07) is 6.51. The van der Waals surface area contributed by atoms with Crippen molar-refractivity contribution in [2.75, 3.05) is 37.4 Å². The highest BCUT2D eigenvalue weighted by Crippen LogP contribution is 2.36. The van der Waals surface area contributed by atoms with Crippen molar-refractivity contribution in [2.24, 2.45) is 0 Å². The van der Waals surface area contributed by atoms with E-state index in [1.54, 1.807) is 6.07 Å². The number of rotatable bonds is 5. The fraction of sp³-hybridized carbons (Fsp3) is 0.480. The van der Waals surface area contributed by atoms with Crippen molar-refractivity contribution in [1.82, 2.24) is 20.1 Å². The summed E-state index contributed by atoms with van der Waals surface area (Å²) in [5.41, 5.74) is 2.62. The van der Waals surface area contributed by atoms with Gasteiger partial charge >= 0.3 is 6.18 Å². The third-order valence-electron chi connectivity index (χ3n) is 6.83. The van der Waals surface area contributed by atoms with E-state index < -0.39 is 17.8 Å². The van der Waals surface area contributed by atoms with E-state index in [1.807, 2.05) is 20.0 Å². The number of nitrogens with zero attached hydrogens (tertiary/aromatic N) is 5. The van der Waals surface area contributed by atoms with Gasteiger partial charge in [0.25, 0.3) is 0 Å². The molecular formula is C25H31F3N6. The van der Waals surface area contributed by atoms with Crippen LogP contribution in [0.2, 0.25) is 0 Å². The van der Waals surface area contributed by atoms with Crippen LogP contribution in [0.1, 0.15) is 48.2 Å². The molecule has 2 aromatic heterocycles. The first-order valence-corrected chi connectivity index (χ1v) is 11.5. The predicted molar refractivity (Wildman–Crippen MR) is 129 cm³/mol. The minimum Gasteiger partial charge on any atom is -0.370 e. The number of aromatic nitrogens is 3. The maximum Gasteiger partial charge on any atom is 0.416 e. The summed E-state index contributed by atoms with van der Waals surface area (Å²) >= 11 is 0. The van der Waals surface area contributed by atoms with Crippen LogP contribution >= 0.6 is 0 Å². The molecule has 0 aliphatic carbocycles. The van der Waals surface area contributed by atoms with E-state index in [2.05, 4.69) is 50.5 Å². The number of benzene rings is 1. The van der Waals surface area contributed by atoms with Crippen LogP contribution in [-0.4, -0.2) is 53.3 Å². The largest absolute Gasteiger partial charge is 0.416 e. The summed E-state index contributed by atoms with van der Waals surface area (Å²) in [7, 11) is 4.23. The van der Waals surface area contributed by atoms with Crippen molar-refractivity contribution in [3.8, 4) is 0 Å². The van der Waals surface area contributed by atoms with Gasteiger partial charge in [-0.3, -0.25) is 4.98 Å². The first kappa shape index (κ1) is 24.2. The van der Waals surface area contributed by atoms with Crippen LogP contribution in [0.5, 0.6) is 0 Å². The molecule has 0 amide bonds. The molecule has 1 saturated heterocycles. The predicted octanol–water partition coefficient (Wildman–Crippen LogP) is 5.36. The van der Waals surface area contributed by atoms with Gasteiger partial charge in [-0.25, -0.2) is 0 Å². The number of alkyl halides is 3. The third kappa shape index (κ3) is 4.80. The lowest BCUT2D eigenvalue weighted by molar-refractivity contribution is -0.138. The molecule has 0 spiro atoms. The zero-order valence-corrected chi connectivity index (χ0v) is 20.2. The molecule has 0 bridgehead atoms. The smallest absolute Gasteiger partial charge is 0.370 e. The average molecular weight is 473 g/mol. The zero-order valence-electron chi connectivity index (χ0n) is 20.2. The molecule has 34 heavy (non-hydrogen) atoms. The topological polar surface area (TPSA) is 57.2 Å². The molecule has 3 heterocycles. The Labute approximate surface area is 198 Å². The summed E-state index contributed by atoms with van der Waals surface area (Å²) in [6.45, 7) is 7.08. The van der Waals surface area contributed by atoms with E-state index in [0.717, 1.165) is 48.6 Å². The Morgan fingerprint density at radius 1 is 1.12 bits per heavy atom. The number of fused-ring (bicyclic) bond motifs is 1. The first-order valence-electron chi connectivity index (χ1n) is 11.5. The highest BCUT2D eigenvalue weighted by molar-refractivity contribution is 5.92. The second-order valence-corrected chi connectivity index (χ2v) is 9.29. The van der Waals surface area contributed by atoms with Crippen molar-refractivity contribution < 1.29 is 13.2 Å². The van der Waals surface area contributed by atoms with Crippen molar-refractivity contribution in [2.45, 2.75) is 51.9 Å². The van der Waals surface area contributed by atoms with Gasteiger partial charge in [-0.1, -0.05) is 12.1 Å². The Morgan fingerprint density at radius 3 is 2.47 bits per heavy atom. The van der Waals surface area contributed by atoms with Crippen molar-refractivity contribution in [3.05, 3.63) is 52.8 Å². The van der Waals surface area contributed by atoms with Gasteiger partial charge in [0.1, 0.15) is 0 Å². The second-order valence-electron chi connectivity index (χ2n) is 9.29. The lowest BCUT2D eigenvalue weighted by Gasteiger charge is -2.36. The van der Waals surface area contributed by atoms with Crippen LogP contribution in [-0.2, 0) is 6.18 Å². The number of piperidine rings is 1. The number of hydrogen-bond acceptors (Lipinski definition) is 6. The fourth-order valence-electron chi connectivity index (χ4n) is 4.78. The van der Waals surface area contributed by atoms with Gasteiger partial charge in [-0.15, -0.1) is 5.10 Å². The monoisotopic (exact) mass is 472 g/mol. The molecule has 1 atom stereocenters. The molecule has 1 N–H and O–H groups in total. The second kappa shape index (κ2) is 9.37. The van der Waals surface area contributed by atoms with Gasteiger partial charge < -0.3 is 15.1 Å². The number of aryl methyl sites for hydroxylation is 1. The van der Waals surface area contributed by atoms with E-state index in [4.69, 9.17) is 0 Å². The summed E-state index contributed by atoms with van der Waals surface area (Å²) in [6.07, 6.45) is -0.364. The van der Waals surface area contributed by atoms with Gasteiger partial charge in [0.05, 0.1) is 34.7 Å². The number of hydrogen-bond donors (Lipinski definition) is 1. The minimum absolute atomic E-state index is 0.210. The average Bonchev–Trinajstić information content (AvgIpc) is 2.80. The number of pyridine rings is 1. The highest BCUT2D eigenvalue weighted by Gasteiger charge is 2.33. The number of halogens is 3. The summed E-state index contributed by atoms with van der Waals surface area (Å²) in [5.74, 6) is 0.516. The van der Waals surface area contributed by atoms with E-state index in [-0.39, 0.29) is 5.56 Å². The zero-order chi connectivity index (χ0) is 24.6. The van der Waals surface area contributed by atoms with E-state index in [1.165, 1.54) is 13.0 Å². The Kier molecular flexibility index (Phi) is 6.66. The Hall–Kier alpha value is -2.94. The Balaban J connectivity index is 1.65. The number of anilines is 2. The molecule has 1 unspecified atom stereocenters. The van der Waals surface area contributed by atoms with E-state index in [0.29, 0.717) is 23.1 Å². The maximum absolute atomic E-state index is 13.4. The van der Waals surface area contributed by atoms with Gasteiger partial charge in [-0.05, 0) is 71.0 Å². The molecule has 0 saturated carbocycles. The lowest BCUT2D eigenvalue weighted by atomic mass is 9.97. The van der Waals surface area contributed by atoms with Crippen LogP contribution in [0.3, 0.4) is 0 Å². The van der Waals surface area contributed by atoms with Gasteiger partial charge in [0.15, 0.2) is 5.82 Å². The minimum atomic E-state index is -4.39. The molecule has 9 heteroatoms. The highest BCUT2D eigenvalue weighted by atomic mass is 19.4. The summed E-state index contributed by atoms with van der Waals surface area (Å²) in [5, 5.41) is 12.7.